The Labute approximate surface area is 94.1 Å². The lowest BCUT2D eigenvalue weighted by Gasteiger charge is -2.15. The van der Waals surface area contributed by atoms with Gasteiger partial charge in [-0.05, 0) is 19.9 Å². The minimum absolute atomic E-state index is 0.351. The second kappa shape index (κ2) is 4.98. The molecular formula is C10H15ClN2O2. The smallest absolute Gasteiger partial charge is 0.168 e. The molecule has 0 unspecified atom stereocenters. The number of nitrogen functional groups attached to an aromatic ring is 2. The Hall–Kier alpha value is -1.29. The molecule has 0 radical (unpaired) electrons. The molecule has 0 aromatic heterocycles. The predicted molar refractivity (Wildman–Crippen MR) is 62.6 cm³/mol. The summed E-state index contributed by atoms with van der Waals surface area (Å²) in [5.41, 5.74) is 12.3. The number of benzene rings is 1. The van der Waals surface area contributed by atoms with Crippen molar-refractivity contribution >= 4 is 23.0 Å². The van der Waals surface area contributed by atoms with Crippen molar-refractivity contribution in [2.45, 2.75) is 13.8 Å². The first-order valence-electron chi connectivity index (χ1n) is 4.74. The van der Waals surface area contributed by atoms with Crippen LogP contribution in [0.4, 0.5) is 11.4 Å². The zero-order chi connectivity index (χ0) is 11.4. The summed E-state index contributed by atoms with van der Waals surface area (Å²) < 4.78 is 10.6. The van der Waals surface area contributed by atoms with Crippen LogP contribution in [-0.4, -0.2) is 13.2 Å². The van der Waals surface area contributed by atoms with Crippen molar-refractivity contribution in [3.8, 4) is 11.5 Å². The minimum Gasteiger partial charge on any atom is -0.490 e. The number of hydrogen-bond donors (Lipinski definition) is 2. The van der Waals surface area contributed by atoms with Crippen molar-refractivity contribution in [1.82, 2.24) is 0 Å². The predicted octanol–water partition coefficient (Wildman–Crippen LogP) is 2.30. The summed E-state index contributed by atoms with van der Waals surface area (Å²) in [4.78, 5) is 0. The number of nitrogens with two attached hydrogens (primary N) is 2. The molecule has 0 heterocycles. The Balaban J connectivity index is 3.22. The van der Waals surface area contributed by atoms with Crippen LogP contribution >= 0.6 is 11.6 Å². The molecule has 0 atom stereocenters. The van der Waals surface area contributed by atoms with E-state index in [0.29, 0.717) is 41.1 Å². The van der Waals surface area contributed by atoms with Gasteiger partial charge in [0.05, 0.1) is 23.9 Å². The van der Waals surface area contributed by atoms with Crippen molar-refractivity contribution in [3.63, 3.8) is 0 Å². The van der Waals surface area contributed by atoms with Crippen LogP contribution in [0.3, 0.4) is 0 Å². The highest BCUT2D eigenvalue weighted by atomic mass is 35.5. The Kier molecular flexibility index (Phi) is 3.91. The van der Waals surface area contributed by atoms with Gasteiger partial charge < -0.3 is 20.9 Å². The number of hydrogen-bond acceptors (Lipinski definition) is 4. The molecule has 4 N–H and O–H groups in total. The average Bonchev–Trinajstić information content (AvgIpc) is 2.19. The molecule has 84 valence electrons. The quantitative estimate of drug-likeness (QED) is 0.779. The van der Waals surface area contributed by atoms with Crippen LogP contribution in [0.5, 0.6) is 11.5 Å². The molecule has 5 heteroatoms. The highest BCUT2D eigenvalue weighted by molar-refractivity contribution is 6.33. The van der Waals surface area contributed by atoms with Gasteiger partial charge in [0.25, 0.3) is 0 Å². The third-order valence-corrected chi connectivity index (χ3v) is 2.11. The minimum atomic E-state index is 0.351. The Morgan fingerprint density at radius 2 is 1.67 bits per heavy atom. The maximum atomic E-state index is 5.95. The van der Waals surface area contributed by atoms with Gasteiger partial charge in [-0.25, -0.2) is 0 Å². The molecule has 0 spiro atoms. The summed E-state index contributed by atoms with van der Waals surface area (Å²) in [6, 6.07) is 1.58. The highest BCUT2D eigenvalue weighted by Gasteiger charge is 2.15. The van der Waals surface area contributed by atoms with E-state index in [0.717, 1.165) is 0 Å². The second-order valence-corrected chi connectivity index (χ2v) is 3.29. The Bertz CT molecular complexity index is 326. The first kappa shape index (κ1) is 11.8. The van der Waals surface area contributed by atoms with Crippen LogP contribution in [0.1, 0.15) is 13.8 Å². The highest BCUT2D eigenvalue weighted by Crippen LogP contribution is 2.42. The Morgan fingerprint density at radius 1 is 1.13 bits per heavy atom. The van der Waals surface area contributed by atoms with Gasteiger partial charge in [0.15, 0.2) is 11.5 Å². The summed E-state index contributed by atoms with van der Waals surface area (Å²) in [6.45, 7) is 4.68. The standard InChI is InChI=1S/C10H15ClN2O2/c1-3-14-9-6(11)5-7(12)10(8(9)13)15-4-2/h5H,3-4,12-13H2,1-2H3. The number of ether oxygens (including phenoxy) is 2. The van der Waals surface area contributed by atoms with Crippen molar-refractivity contribution in [1.29, 1.82) is 0 Å². The second-order valence-electron chi connectivity index (χ2n) is 2.89. The van der Waals surface area contributed by atoms with Crippen LogP contribution < -0.4 is 20.9 Å². The first-order chi connectivity index (χ1) is 7.11. The topological polar surface area (TPSA) is 70.5 Å². The van der Waals surface area contributed by atoms with Gasteiger partial charge in [-0.15, -0.1) is 0 Å². The number of rotatable bonds is 4. The fourth-order valence-electron chi connectivity index (χ4n) is 1.25. The van der Waals surface area contributed by atoms with Gasteiger partial charge in [-0.2, -0.15) is 0 Å². The van der Waals surface area contributed by atoms with E-state index in [9.17, 15) is 0 Å². The van der Waals surface area contributed by atoms with Crippen molar-refractivity contribution in [2.24, 2.45) is 0 Å². The fraction of sp³-hybridized carbons (Fsp3) is 0.400. The van der Waals surface area contributed by atoms with Crippen molar-refractivity contribution < 1.29 is 9.47 Å². The lowest BCUT2D eigenvalue weighted by atomic mass is 10.2. The van der Waals surface area contributed by atoms with Crippen LogP contribution in [0.25, 0.3) is 0 Å². The molecule has 1 rings (SSSR count). The van der Waals surface area contributed by atoms with Gasteiger partial charge >= 0.3 is 0 Å². The first-order valence-corrected chi connectivity index (χ1v) is 5.12. The molecule has 15 heavy (non-hydrogen) atoms. The number of halogens is 1. The lowest BCUT2D eigenvalue weighted by Crippen LogP contribution is -2.04. The van der Waals surface area contributed by atoms with E-state index in [1.165, 1.54) is 0 Å². The summed E-state index contributed by atoms with van der Waals surface area (Å²) >= 11 is 5.95. The van der Waals surface area contributed by atoms with E-state index < -0.39 is 0 Å². The van der Waals surface area contributed by atoms with Gasteiger partial charge in [-0.3, -0.25) is 0 Å². The van der Waals surface area contributed by atoms with E-state index in [1.54, 1.807) is 6.07 Å². The summed E-state index contributed by atoms with van der Waals surface area (Å²) in [6.07, 6.45) is 0. The maximum Gasteiger partial charge on any atom is 0.168 e. The van der Waals surface area contributed by atoms with Gasteiger partial charge in [-0.1, -0.05) is 11.6 Å². The van der Waals surface area contributed by atoms with Crippen molar-refractivity contribution in [3.05, 3.63) is 11.1 Å². The normalized spacial score (nSPS) is 10.1. The molecule has 0 amide bonds. The molecule has 0 fully saturated rings. The molecular weight excluding hydrogens is 216 g/mol. The van der Waals surface area contributed by atoms with E-state index in [2.05, 4.69) is 0 Å². The maximum absolute atomic E-state index is 5.95. The lowest BCUT2D eigenvalue weighted by molar-refractivity contribution is 0.328. The SMILES string of the molecule is CCOc1c(N)cc(Cl)c(OCC)c1N. The van der Waals surface area contributed by atoms with E-state index >= 15 is 0 Å². The van der Waals surface area contributed by atoms with Gasteiger partial charge in [0, 0.05) is 0 Å². The third-order valence-electron chi connectivity index (χ3n) is 1.83. The van der Waals surface area contributed by atoms with E-state index in [1.807, 2.05) is 13.8 Å². The molecule has 0 aliphatic heterocycles. The third kappa shape index (κ3) is 2.39. The molecule has 0 saturated heterocycles. The van der Waals surface area contributed by atoms with Gasteiger partial charge in [0.2, 0.25) is 0 Å². The number of anilines is 2. The summed E-state index contributed by atoms with van der Waals surface area (Å²) in [5.74, 6) is 0.863. The zero-order valence-corrected chi connectivity index (χ0v) is 9.60. The van der Waals surface area contributed by atoms with Crippen LogP contribution in [0.2, 0.25) is 5.02 Å². The van der Waals surface area contributed by atoms with Gasteiger partial charge in [0.1, 0.15) is 5.69 Å². The molecule has 0 aliphatic rings. The van der Waals surface area contributed by atoms with E-state index in [4.69, 9.17) is 32.5 Å². The van der Waals surface area contributed by atoms with Crippen LogP contribution in [0.15, 0.2) is 6.07 Å². The largest absolute Gasteiger partial charge is 0.490 e. The van der Waals surface area contributed by atoms with E-state index in [-0.39, 0.29) is 0 Å². The van der Waals surface area contributed by atoms with Crippen molar-refractivity contribution in [2.75, 3.05) is 24.7 Å². The molecule has 1 aromatic rings. The fourth-order valence-corrected chi connectivity index (χ4v) is 1.53. The monoisotopic (exact) mass is 230 g/mol. The molecule has 1 aromatic carbocycles. The summed E-state index contributed by atoms with van der Waals surface area (Å²) in [7, 11) is 0. The molecule has 0 saturated carbocycles. The Morgan fingerprint density at radius 3 is 2.20 bits per heavy atom. The average molecular weight is 231 g/mol. The molecule has 0 aliphatic carbocycles. The van der Waals surface area contributed by atoms with Crippen LogP contribution in [-0.2, 0) is 0 Å². The summed E-state index contributed by atoms with van der Waals surface area (Å²) in [5, 5.41) is 0.398. The van der Waals surface area contributed by atoms with Crippen LogP contribution in [0, 0.1) is 0 Å². The zero-order valence-electron chi connectivity index (χ0n) is 8.84. The molecule has 4 nitrogen and oxygen atoms in total. The molecule has 0 bridgehead atoms.